The fraction of sp³-hybridized carbons (Fsp3) is 1.00. The third-order valence-corrected chi connectivity index (χ3v) is 5.19. The Bertz CT molecular complexity index is 202. The van der Waals surface area contributed by atoms with E-state index in [2.05, 4.69) is 20.8 Å². The molecule has 0 saturated heterocycles. The summed E-state index contributed by atoms with van der Waals surface area (Å²) in [5.74, 6) is 0. The average Bonchev–Trinajstić information content (AvgIpc) is 2.51. The van der Waals surface area contributed by atoms with Crippen LogP contribution in [0.4, 0.5) is 0 Å². The Kier molecular flexibility index (Phi) is 20.0. The summed E-state index contributed by atoms with van der Waals surface area (Å²) in [5, 5.41) is 0. The molecule has 0 rings (SSSR count). The summed E-state index contributed by atoms with van der Waals surface area (Å²) in [7, 11) is 0. The van der Waals surface area contributed by atoms with Gasteiger partial charge in [0.2, 0.25) is 0 Å². The molecule has 0 unspecified atom stereocenters. The van der Waals surface area contributed by atoms with Crippen LogP contribution in [0.5, 0.6) is 0 Å². The van der Waals surface area contributed by atoms with E-state index in [1.165, 1.54) is 89.9 Å². The minimum absolute atomic E-state index is 0. The number of nitrogens with two attached hydrogens (primary N) is 1. The molecule has 1 nitrogen and oxygen atoms in total. The van der Waals surface area contributed by atoms with Crippen LogP contribution in [0.3, 0.4) is 0 Å². The van der Waals surface area contributed by atoms with Crippen LogP contribution in [-0.2, 0) is 0 Å². The first-order chi connectivity index (χ1) is 10.2. The summed E-state index contributed by atoms with van der Waals surface area (Å²) < 4.78 is 0. The highest BCUT2D eigenvalue weighted by atomic mass is 79.9. The SMILES string of the molecule is Br.CCCCCCCCCCCCCCCC(N)(CC)CC. The van der Waals surface area contributed by atoms with Crippen molar-refractivity contribution in [2.45, 2.75) is 129 Å². The molecule has 0 aromatic carbocycles. The van der Waals surface area contributed by atoms with Crippen LogP contribution < -0.4 is 5.73 Å². The Morgan fingerprint density at radius 3 is 1.18 bits per heavy atom. The van der Waals surface area contributed by atoms with Gasteiger partial charge in [0.05, 0.1) is 0 Å². The van der Waals surface area contributed by atoms with Gasteiger partial charge >= 0.3 is 0 Å². The monoisotopic (exact) mass is 377 g/mol. The predicted molar refractivity (Wildman–Crippen MR) is 108 cm³/mol. The van der Waals surface area contributed by atoms with Gasteiger partial charge in [-0.2, -0.15) is 0 Å². The molecule has 0 saturated carbocycles. The van der Waals surface area contributed by atoms with Crippen molar-refractivity contribution in [1.82, 2.24) is 0 Å². The van der Waals surface area contributed by atoms with E-state index >= 15 is 0 Å². The van der Waals surface area contributed by atoms with Crippen LogP contribution in [0, 0.1) is 0 Å². The first kappa shape index (κ1) is 24.7. The minimum atomic E-state index is 0. The molecule has 2 N–H and O–H groups in total. The number of halogens is 1. The molecule has 0 bridgehead atoms. The van der Waals surface area contributed by atoms with Gasteiger partial charge in [-0.15, -0.1) is 17.0 Å². The number of hydrogen-bond donors (Lipinski definition) is 1. The van der Waals surface area contributed by atoms with Crippen molar-refractivity contribution >= 4 is 17.0 Å². The molecule has 0 aliphatic carbocycles. The molecule has 0 radical (unpaired) electrons. The topological polar surface area (TPSA) is 26.0 Å². The van der Waals surface area contributed by atoms with E-state index in [9.17, 15) is 0 Å². The van der Waals surface area contributed by atoms with Crippen molar-refractivity contribution in [3.8, 4) is 0 Å². The van der Waals surface area contributed by atoms with Crippen molar-refractivity contribution in [3.63, 3.8) is 0 Å². The van der Waals surface area contributed by atoms with Gasteiger partial charge in [-0.05, 0) is 19.3 Å². The van der Waals surface area contributed by atoms with Crippen LogP contribution in [0.25, 0.3) is 0 Å². The van der Waals surface area contributed by atoms with Crippen molar-refractivity contribution in [3.05, 3.63) is 0 Å². The molecule has 0 spiro atoms. The highest BCUT2D eigenvalue weighted by Gasteiger charge is 2.18. The number of rotatable bonds is 16. The second-order valence-corrected chi connectivity index (χ2v) is 7.06. The van der Waals surface area contributed by atoms with Crippen LogP contribution in [0.1, 0.15) is 124 Å². The quantitative estimate of drug-likeness (QED) is 0.275. The molecular weight excluding hydrogens is 334 g/mol. The van der Waals surface area contributed by atoms with Gasteiger partial charge in [0.1, 0.15) is 0 Å². The molecule has 0 atom stereocenters. The first-order valence-corrected chi connectivity index (χ1v) is 9.97. The fourth-order valence-electron chi connectivity index (χ4n) is 3.10. The van der Waals surface area contributed by atoms with Crippen LogP contribution >= 0.6 is 17.0 Å². The van der Waals surface area contributed by atoms with Crippen molar-refractivity contribution in [2.24, 2.45) is 5.73 Å². The zero-order chi connectivity index (χ0) is 15.8. The molecule has 22 heavy (non-hydrogen) atoms. The Balaban J connectivity index is 0. The molecular formula is C20H44BrN. The van der Waals surface area contributed by atoms with Gasteiger partial charge in [-0.25, -0.2) is 0 Å². The zero-order valence-corrected chi connectivity index (χ0v) is 17.5. The van der Waals surface area contributed by atoms with E-state index in [1.807, 2.05) is 0 Å². The van der Waals surface area contributed by atoms with E-state index < -0.39 is 0 Å². The molecule has 0 aromatic rings. The van der Waals surface area contributed by atoms with E-state index in [4.69, 9.17) is 5.73 Å². The lowest BCUT2D eigenvalue weighted by molar-refractivity contribution is 0.350. The van der Waals surface area contributed by atoms with E-state index in [1.54, 1.807) is 0 Å². The minimum Gasteiger partial charge on any atom is -0.325 e. The van der Waals surface area contributed by atoms with E-state index in [-0.39, 0.29) is 22.5 Å². The fourth-order valence-corrected chi connectivity index (χ4v) is 3.10. The van der Waals surface area contributed by atoms with Crippen LogP contribution in [0.2, 0.25) is 0 Å². The Labute approximate surface area is 152 Å². The normalized spacial score (nSPS) is 11.5. The van der Waals surface area contributed by atoms with Gasteiger partial charge < -0.3 is 5.73 Å². The summed E-state index contributed by atoms with van der Waals surface area (Å²) in [6, 6.07) is 0. The second kappa shape index (κ2) is 17.8. The van der Waals surface area contributed by atoms with Gasteiger partial charge in [-0.1, -0.05) is 104 Å². The maximum absolute atomic E-state index is 6.34. The Morgan fingerprint density at radius 2 is 0.864 bits per heavy atom. The summed E-state index contributed by atoms with van der Waals surface area (Å²) in [4.78, 5) is 0. The number of unbranched alkanes of at least 4 members (excludes halogenated alkanes) is 12. The lowest BCUT2D eigenvalue weighted by Gasteiger charge is -2.26. The third kappa shape index (κ3) is 15.3. The predicted octanol–water partition coefficient (Wildman–Crippen LogP) is 7.56. The number of hydrogen-bond acceptors (Lipinski definition) is 1. The molecule has 0 aromatic heterocycles. The highest BCUT2D eigenvalue weighted by Crippen LogP contribution is 2.20. The molecule has 0 heterocycles. The summed E-state index contributed by atoms with van der Waals surface area (Å²) in [5.41, 5.74) is 6.46. The second-order valence-electron chi connectivity index (χ2n) is 7.06. The van der Waals surface area contributed by atoms with E-state index in [0.29, 0.717) is 0 Å². The van der Waals surface area contributed by atoms with Gasteiger partial charge in [0.25, 0.3) is 0 Å². The lowest BCUT2D eigenvalue weighted by atomic mass is 9.88. The van der Waals surface area contributed by atoms with Crippen LogP contribution in [-0.4, -0.2) is 5.54 Å². The summed E-state index contributed by atoms with van der Waals surface area (Å²) in [6.07, 6.45) is 22.0. The molecule has 0 fully saturated rings. The maximum atomic E-state index is 6.34. The molecule has 0 amide bonds. The molecule has 2 heteroatoms. The first-order valence-electron chi connectivity index (χ1n) is 9.97. The van der Waals surface area contributed by atoms with Gasteiger partial charge in [0.15, 0.2) is 0 Å². The highest BCUT2D eigenvalue weighted by molar-refractivity contribution is 8.93. The van der Waals surface area contributed by atoms with Crippen molar-refractivity contribution in [2.75, 3.05) is 0 Å². The molecule has 0 aliphatic rings. The van der Waals surface area contributed by atoms with Crippen molar-refractivity contribution < 1.29 is 0 Å². The Morgan fingerprint density at radius 1 is 0.545 bits per heavy atom. The van der Waals surface area contributed by atoms with Gasteiger partial charge in [0, 0.05) is 5.54 Å². The largest absolute Gasteiger partial charge is 0.325 e. The van der Waals surface area contributed by atoms with E-state index in [0.717, 1.165) is 12.8 Å². The van der Waals surface area contributed by atoms with Crippen molar-refractivity contribution in [1.29, 1.82) is 0 Å². The maximum Gasteiger partial charge on any atom is 0.0149 e. The third-order valence-electron chi connectivity index (χ3n) is 5.19. The van der Waals surface area contributed by atoms with Gasteiger partial charge in [-0.3, -0.25) is 0 Å². The average molecular weight is 378 g/mol. The zero-order valence-electron chi connectivity index (χ0n) is 15.8. The Hall–Kier alpha value is 0.440. The molecule has 136 valence electrons. The summed E-state index contributed by atoms with van der Waals surface area (Å²) >= 11 is 0. The molecule has 0 aliphatic heterocycles. The lowest BCUT2D eigenvalue weighted by Crippen LogP contribution is -2.38. The van der Waals surface area contributed by atoms with Crippen LogP contribution in [0.15, 0.2) is 0 Å². The smallest absolute Gasteiger partial charge is 0.0149 e. The standard InChI is InChI=1S/C20H43N.BrH/c1-4-7-8-9-10-11-12-13-14-15-16-17-18-19-20(21,5-2)6-3;/h4-19,21H2,1-3H3;1H. The summed E-state index contributed by atoms with van der Waals surface area (Å²) in [6.45, 7) is 6.75.